The lowest BCUT2D eigenvalue weighted by atomic mass is 10.1. The summed E-state index contributed by atoms with van der Waals surface area (Å²) in [6.07, 6.45) is 1.13. The fourth-order valence-electron chi connectivity index (χ4n) is 1.46. The van der Waals surface area contributed by atoms with Crippen LogP contribution in [0.15, 0.2) is 16.6 Å². The Balaban J connectivity index is 2.43. The fraction of sp³-hybridized carbons (Fsp3) is 0.400. The first kappa shape index (κ1) is 10.4. The van der Waals surface area contributed by atoms with E-state index in [1.807, 2.05) is 0 Å². The third-order valence-electron chi connectivity index (χ3n) is 2.44. The average molecular weight is 280 g/mol. The maximum absolute atomic E-state index is 13.4. The topological polar surface area (TPSA) is 20.2 Å². The smallest absolute Gasteiger partial charge is 0.130 e. The van der Waals surface area contributed by atoms with Gasteiger partial charge in [-0.1, -0.05) is 11.6 Å². The first-order chi connectivity index (χ1) is 6.61. The van der Waals surface area contributed by atoms with Gasteiger partial charge in [0.05, 0.1) is 11.1 Å². The number of hydrogen-bond acceptors (Lipinski definition) is 1. The monoisotopic (exact) mass is 278 g/mol. The van der Waals surface area contributed by atoms with Gasteiger partial charge < -0.3 is 5.11 Å². The van der Waals surface area contributed by atoms with Crippen LogP contribution in [0.1, 0.15) is 24.5 Å². The second kappa shape index (κ2) is 3.80. The fourth-order valence-corrected chi connectivity index (χ4v) is 2.07. The summed E-state index contributed by atoms with van der Waals surface area (Å²) in [5.74, 6) is -0.256. The van der Waals surface area contributed by atoms with Gasteiger partial charge in [-0.2, -0.15) is 0 Å². The predicted molar refractivity (Wildman–Crippen MR) is 56.8 cm³/mol. The third kappa shape index (κ3) is 1.81. The van der Waals surface area contributed by atoms with Crippen LogP contribution in [0.2, 0.25) is 5.02 Å². The van der Waals surface area contributed by atoms with E-state index in [1.165, 1.54) is 6.07 Å². The van der Waals surface area contributed by atoms with Gasteiger partial charge in [0, 0.05) is 10.0 Å². The molecule has 0 aromatic heterocycles. The number of rotatable bonds is 2. The van der Waals surface area contributed by atoms with Crippen LogP contribution in [-0.2, 0) is 0 Å². The maximum atomic E-state index is 13.4. The lowest BCUT2D eigenvalue weighted by molar-refractivity contribution is 0.149. The lowest BCUT2D eigenvalue weighted by Crippen LogP contribution is -2.04. The number of benzene rings is 1. The minimum Gasteiger partial charge on any atom is -0.388 e. The van der Waals surface area contributed by atoms with Crippen LogP contribution >= 0.6 is 27.5 Å². The molecule has 76 valence electrons. The summed E-state index contributed by atoms with van der Waals surface area (Å²) in [5, 5.41) is 10.1. The Kier molecular flexibility index (Phi) is 2.82. The average Bonchev–Trinajstić information content (AvgIpc) is 2.95. The Morgan fingerprint density at radius 2 is 2.14 bits per heavy atom. The predicted octanol–water partition coefficient (Wildman–Crippen LogP) is 3.69. The molecule has 1 saturated carbocycles. The summed E-state index contributed by atoms with van der Waals surface area (Å²) < 4.78 is 14.0. The molecule has 1 unspecified atom stereocenters. The SMILES string of the molecule is OC(c1c(F)ccc(Br)c1Cl)C1CC1. The molecule has 1 atom stereocenters. The van der Waals surface area contributed by atoms with E-state index in [0.717, 1.165) is 12.8 Å². The van der Waals surface area contributed by atoms with Crippen molar-refractivity contribution < 1.29 is 9.50 Å². The van der Waals surface area contributed by atoms with Gasteiger partial charge in [-0.15, -0.1) is 0 Å². The molecule has 14 heavy (non-hydrogen) atoms. The van der Waals surface area contributed by atoms with E-state index in [4.69, 9.17) is 11.6 Å². The van der Waals surface area contributed by atoms with Crippen molar-refractivity contribution in [2.24, 2.45) is 5.92 Å². The molecule has 1 aliphatic carbocycles. The van der Waals surface area contributed by atoms with Crippen molar-refractivity contribution in [2.45, 2.75) is 18.9 Å². The zero-order chi connectivity index (χ0) is 10.3. The molecule has 0 radical (unpaired) electrons. The van der Waals surface area contributed by atoms with E-state index in [1.54, 1.807) is 6.07 Å². The minimum absolute atomic E-state index is 0.177. The molecule has 0 amide bonds. The van der Waals surface area contributed by atoms with Gasteiger partial charge in [0.2, 0.25) is 0 Å². The van der Waals surface area contributed by atoms with Crippen LogP contribution < -0.4 is 0 Å². The molecule has 0 aliphatic heterocycles. The highest BCUT2D eigenvalue weighted by Gasteiger charge is 2.34. The van der Waals surface area contributed by atoms with E-state index in [-0.39, 0.29) is 16.5 Å². The Morgan fingerprint density at radius 3 is 2.71 bits per heavy atom. The third-order valence-corrected chi connectivity index (χ3v) is 3.74. The highest BCUT2D eigenvalue weighted by atomic mass is 79.9. The van der Waals surface area contributed by atoms with Crippen LogP contribution in [0.3, 0.4) is 0 Å². The zero-order valence-electron chi connectivity index (χ0n) is 7.30. The van der Waals surface area contributed by atoms with E-state index in [2.05, 4.69) is 15.9 Å². The van der Waals surface area contributed by atoms with E-state index >= 15 is 0 Å². The Hall–Kier alpha value is -0.120. The molecular weight excluding hydrogens is 270 g/mol. The Morgan fingerprint density at radius 1 is 1.50 bits per heavy atom. The van der Waals surface area contributed by atoms with Crippen molar-refractivity contribution in [3.8, 4) is 0 Å². The van der Waals surface area contributed by atoms with Gasteiger partial charge in [-0.3, -0.25) is 0 Å². The van der Waals surface area contributed by atoms with Crippen LogP contribution in [0.25, 0.3) is 0 Å². The highest BCUT2D eigenvalue weighted by molar-refractivity contribution is 9.10. The number of hydrogen-bond donors (Lipinski definition) is 1. The molecule has 0 saturated heterocycles. The summed E-state index contributed by atoms with van der Waals surface area (Å²) in [6.45, 7) is 0. The largest absolute Gasteiger partial charge is 0.388 e. The first-order valence-electron chi connectivity index (χ1n) is 4.42. The number of halogens is 3. The molecule has 1 aliphatic rings. The molecule has 0 heterocycles. The summed E-state index contributed by atoms with van der Waals surface area (Å²) >= 11 is 9.13. The first-order valence-corrected chi connectivity index (χ1v) is 5.60. The molecule has 1 fully saturated rings. The number of aliphatic hydroxyl groups excluding tert-OH is 1. The maximum Gasteiger partial charge on any atom is 0.130 e. The van der Waals surface area contributed by atoms with Gasteiger partial charge in [0.15, 0.2) is 0 Å². The van der Waals surface area contributed by atoms with E-state index < -0.39 is 11.9 Å². The van der Waals surface area contributed by atoms with Gasteiger partial charge >= 0.3 is 0 Å². The molecule has 1 nitrogen and oxygen atoms in total. The molecule has 1 aromatic rings. The van der Waals surface area contributed by atoms with Crippen molar-refractivity contribution in [1.29, 1.82) is 0 Å². The zero-order valence-corrected chi connectivity index (χ0v) is 9.65. The second-order valence-electron chi connectivity index (χ2n) is 3.54. The minimum atomic E-state index is -0.764. The summed E-state index contributed by atoms with van der Waals surface area (Å²) in [4.78, 5) is 0. The molecule has 2 rings (SSSR count). The van der Waals surface area contributed by atoms with Gasteiger partial charge in [0.25, 0.3) is 0 Å². The second-order valence-corrected chi connectivity index (χ2v) is 4.77. The Labute approximate surface area is 95.0 Å². The van der Waals surface area contributed by atoms with Crippen LogP contribution in [0.5, 0.6) is 0 Å². The van der Waals surface area contributed by atoms with Crippen LogP contribution in [0.4, 0.5) is 4.39 Å². The van der Waals surface area contributed by atoms with Gasteiger partial charge in [0.1, 0.15) is 5.82 Å². The van der Waals surface area contributed by atoms with Crippen molar-refractivity contribution in [3.05, 3.63) is 33.0 Å². The molecule has 0 bridgehead atoms. The van der Waals surface area contributed by atoms with Gasteiger partial charge in [-0.25, -0.2) is 4.39 Å². The number of aliphatic hydroxyl groups is 1. The molecular formula is C10H9BrClFO. The summed E-state index contributed by atoms with van der Waals surface area (Å²) in [7, 11) is 0. The normalized spacial score (nSPS) is 18.3. The molecule has 0 spiro atoms. The molecule has 4 heteroatoms. The van der Waals surface area contributed by atoms with Crippen molar-refractivity contribution in [2.75, 3.05) is 0 Å². The van der Waals surface area contributed by atoms with Crippen molar-refractivity contribution >= 4 is 27.5 Å². The quantitative estimate of drug-likeness (QED) is 0.819. The van der Waals surface area contributed by atoms with Crippen LogP contribution in [-0.4, -0.2) is 5.11 Å². The van der Waals surface area contributed by atoms with Crippen molar-refractivity contribution in [1.82, 2.24) is 0 Å². The van der Waals surface area contributed by atoms with E-state index in [0.29, 0.717) is 4.47 Å². The Bertz CT molecular complexity index is 365. The van der Waals surface area contributed by atoms with E-state index in [9.17, 15) is 9.50 Å². The molecule has 1 aromatic carbocycles. The lowest BCUT2D eigenvalue weighted by Gasteiger charge is -2.13. The highest BCUT2D eigenvalue weighted by Crippen LogP contribution is 2.44. The summed E-state index contributed by atoms with van der Waals surface area (Å²) in [6, 6.07) is 2.86. The molecule has 1 N–H and O–H groups in total. The van der Waals surface area contributed by atoms with Crippen LogP contribution in [0, 0.1) is 11.7 Å². The standard InChI is InChI=1S/C10H9BrClFO/c11-6-3-4-7(13)8(9(6)12)10(14)5-1-2-5/h3-5,10,14H,1-2H2. The van der Waals surface area contributed by atoms with Crippen molar-refractivity contribution in [3.63, 3.8) is 0 Å². The summed E-state index contributed by atoms with van der Waals surface area (Å²) in [5.41, 5.74) is 0.226. The van der Waals surface area contributed by atoms with Gasteiger partial charge in [-0.05, 0) is 46.8 Å².